The van der Waals surface area contributed by atoms with E-state index in [0.717, 1.165) is 47.0 Å². The molecule has 6 heteroatoms. The SMILES string of the molecule is Cc1nn(Cc2ccccc2Cl)c(C)c1CNCCc1cccc(C(N)=O)c1. The summed E-state index contributed by atoms with van der Waals surface area (Å²) in [6, 6.07) is 15.3. The van der Waals surface area contributed by atoms with Gasteiger partial charge in [-0.1, -0.05) is 41.9 Å². The molecule has 0 atom stereocenters. The number of nitrogens with one attached hydrogen (secondary N) is 1. The molecule has 0 bridgehead atoms. The number of primary amides is 1. The number of benzene rings is 2. The van der Waals surface area contributed by atoms with E-state index in [0.29, 0.717) is 12.1 Å². The lowest BCUT2D eigenvalue weighted by Gasteiger charge is -2.08. The number of nitrogens with zero attached hydrogens (tertiary/aromatic N) is 2. The molecule has 3 N–H and O–H groups in total. The number of hydrogen-bond acceptors (Lipinski definition) is 3. The van der Waals surface area contributed by atoms with Gasteiger partial charge in [0.1, 0.15) is 0 Å². The van der Waals surface area contributed by atoms with E-state index in [1.165, 1.54) is 5.56 Å². The van der Waals surface area contributed by atoms with Crippen LogP contribution < -0.4 is 11.1 Å². The molecule has 0 fully saturated rings. The minimum absolute atomic E-state index is 0.396. The third-order valence-corrected chi connectivity index (χ3v) is 5.28. The Kier molecular flexibility index (Phi) is 6.49. The van der Waals surface area contributed by atoms with E-state index >= 15 is 0 Å². The summed E-state index contributed by atoms with van der Waals surface area (Å²) in [7, 11) is 0. The lowest BCUT2D eigenvalue weighted by molar-refractivity contribution is 0.1000. The van der Waals surface area contributed by atoms with Crippen LogP contribution in [0.1, 0.15) is 38.4 Å². The van der Waals surface area contributed by atoms with Gasteiger partial charge in [-0.05, 0) is 56.1 Å². The second kappa shape index (κ2) is 9.04. The monoisotopic (exact) mass is 396 g/mol. The molecular weight excluding hydrogens is 372 g/mol. The molecule has 0 spiro atoms. The summed E-state index contributed by atoms with van der Waals surface area (Å²) >= 11 is 6.28. The van der Waals surface area contributed by atoms with E-state index in [2.05, 4.69) is 17.3 Å². The average molecular weight is 397 g/mol. The van der Waals surface area contributed by atoms with Gasteiger partial charge < -0.3 is 11.1 Å². The molecule has 28 heavy (non-hydrogen) atoms. The molecule has 0 aliphatic carbocycles. The number of hydrogen-bond donors (Lipinski definition) is 2. The largest absolute Gasteiger partial charge is 0.366 e. The van der Waals surface area contributed by atoms with Gasteiger partial charge in [-0.25, -0.2) is 0 Å². The molecule has 146 valence electrons. The van der Waals surface area contributed by atoms with Crippen LogP contribution in [0.5, 0.6) is 0 Å². The van der Waals surface area contributed by atoms with Gasteiger partial charge >= 0.3 is 0 Å². The third-order valence-electron chi connectivity index (χ3n) is 4.91. The second-order valence-corrected chi connectivity index (χ2v) is 7.30. The number of aryl methyl sites for hydroxylation is 1. The summed E-state index contributed by atoms with van der Waals surface area (Å²) in [5.41, 5.74) is 11.4. The van der Waals surface area contributed by atoms with Crippen molar-refractivity contribution in [2.75, 3.05) is 6.54 Å². The smallest absolute Gasteiger partial charge is 0.248 e. The summed E-state index contributed by atoms with van der Waals surface area (Å²) in [6.45, 7) is 6.33. The predicted molar refractivity (Wildman–Crippen MR) is 113 cm³/mol. The van der Waals surface area contributed by atoms with Crippen LogP contribution in [0.2, 0.25) is 5.02 Å². The van der Waals surface area contributed by atoms with Crippen LogP contribution in [-0.4, -0.2) is 22.2 Å². The van der Waals surface area contributed by atoms with E-state index in [1.807, 2.05) is 54.1 Å². The first-order chi connectivity index (χ1) is 13.5. The van der Waals surface area contributed by atoms with Crippen LogP contribution in [0, 0.1) is 13.8 Å². The van der Waals surface area contributed by atoms with Crippen LogP contribution in [0.25, 0.3) is 0 Å². The summed E-state index contributed by atoms with van der Waals surface area (Å²) < 4.78 is 2.00. The minimum Gasteiger partial charge on any atom is -0.366 e. The first-order valence-electron chi connectivity index (χ1n) is 9.31. The van der Waals surface area contributed by atoms with Crippen molar-refractivity contribution >= 4 is 17.5 Å². The Morgan fingerprint density at radius 2 is 1.96 bits per heavy atom. The van der Waals surface area contributed by atoms with Gasteiger partial charge in [0.15, 0.2) is 0 Å². The molecular formula is C22H25ClN4O. The molecule has 0 saturated carbocycles. The van der Waals surface area contributed by atoms with Crippen molar-refractivity contribution in [3.63, 3.8) is 0 Å². The molecule has 3 aromatic rings. The van der Waals surface area contributed by atoms with E-state index in [-0.39, 0.29) is 0 Å². The van der Waals surface area contributed by atoms with Gasteiger partial charge in [-0.3, -0.25) is 9.48 Å². The highest BCUT2D eigenvalue weighted by atomic mass is 35.5. The molecule has 0 aliphatic rings. The molecule has 5 nitrogen and oxygen atoms in total. The van der Waals surface area contributed by atoms with Crippen LogP contribution >= 0.6 is 11.6 Å². The quantitative estimate of drug-likeness (QED) is 0.571. The molecule has 2 aromatic carbocycles. The van der Waals surface area contributed by atoms with E-state index in [9.17, 15) is 4.79 Å². The van der Waals surface area contributed by atoms with Crippen LogP contribution in [0.4, 0.5) is 0 Å². The molecule has 1 heterocycles. The lowest BCUT2D eigenvalue weighted by Crippen LogP contribution is -2.18. The Bertz CT molecular complexity index is 980. The van der Waals surface area contributed by atoms with E-state index in [1.54, 1.807) is 6.07 Å². The highest BCUT2D eigenvalue weighted by Gasteiger charge is 2.12. The zero-order valence-corrected chi connectivity index (χ0v) is 17.0. The van der Waals surface area contributed by atoms with Crippen molar-refractivity contribution in [1.82, 2.24) is 15.1 Å². The van der Waals surface area contributed by atoms with Crippen molar-refractivity contribution in [3.8, 4) is 0 Å². The van der Waals surface area contributed by atoms with Crippen LogP contribution in [-0.2, 0) is 19.5 Å². The van der Waals surface area contributed by atoms with E-state index < -0.39 is 5.91 Å². The van der Waals surface area contributed by atoms with E-state index in [4.69, 9.17) is 17.3 Å². The normalized spacial score (nSPS) is 11.0. The zero-order chi connectivity index (χ0) is 20.1. The van der Waals surface area contributed by atoms with Gasteiger partial charge in [0, 0.05) is 28.4 Å². The third kappa shape index (κ3) is 4.80. The van der Waals surface area contributed by atoms with Crippen molar-refractivity contribution < 1.29 is 4.79 Å². The fraction of sp³-hybridized carbons (Fsp3) is 0.273. The zero-order valence-electron chi connectivity index (χ0n) is 16.2. The predicted octanol–water partition coefficient (Wildman–Crippen LogP) is 3.63. The molecule has 3 rings (SSSR count). The van der Waals surface area contributed by atoms with Gasteiger partial charge in [-0.15, -0.1) is 0 Å². The fourth-order valence-corrected chi connectivity index (χ4v) is 3.45. The summed E-state index contributed by atoms with van der Waals surface area (Å²) in [6.07, 6.45) is 0.826. The Balaban J connectivity index is 1.59. The van der Waals surface area contributed by atoms with Crippen molar-refractivity contribution in [3.05, 3.63) is 87.2 Å². The first kappa shape index (κ1) is 20.1. The second-order valence-electron chi connectivity index (χ2n) is 6.89. The Morgan fingerprint density at radius 3 is 2.71 bits per heavy atom. The van der Waals surface area contributed by atoms with Crippen molar-refractivity contribution in [2.24, 2.45) is 5.73 Å². The highest BCUT2D eigenvalue weighted by molar-refractivity contribution is 6.31. The Morgan fingerprint density at radius 1 is 1.18 bits per heavy atom. The molecule has 0 radical (unpaired) electrons. The van der Waals surface area contributed by atoms with Gasteiger partial charge in [0.2, 0.25) is 5.91 Å². The van der Waals surface area contributed by atoms with Gasteiger partial charge in [0.05, 0.1) is 12.2 Å². The highest BCUT2D eigenvalue weighted by Crippen LogP contribution is 2.19. The maximum absolute atomic E-state index is 11.3. The van der Waals surface area contributed by atoms with Gasteiger partial charge in [0.25, 0.3) is 0 Å². The van der Waals surface area contributed by atoms with Crippen molar-refractivity contribution in [2.45, 2.75) is 33.4 Å². The number of carbonyl (C=O) groups is 1. The summed E-state index contributed by atoms with van der Waals surface area (Å²) in [5, 5.41) is 8.91. The number of nitrogens with two attached hydrogens (primary N) is 1. The number of aromatic nitrogens is 2. The molecule has 0 saturated heterocycles. The molecule has 1 amide bonds. The number of carbonyl (C=O) groups excluding carboxylic acids is 1. The Hall–Kier alpha value is -2.63. The number of halogens is 1. The minimum atomic E-state index is -0.396. The first-order valence-corrected chi connectivity index (χ1v) is 9.69. The maximum atomic E-state index is 11.3. The molecule has 0 aliphatic heterocycles. The van der Waals surface area contributed by atoms with Gasteiger partial charge in [-0.2, -0.15) is 5.10 Å². The molecule has 1 aromatic heterocycles. The molecule has 0 unspecified atom stereocenters. The summed E-state index contributed by atoms with van der Waals surface area (Å²) in [4.78, 5) is 11.3. The lowest BCUT2D eigenvalue weighted by atomic mass is 10.1. The number of rotatable bonds is 8. The maximum Gasteiger partial charge on any atom is 0.248 e. The standard InChI is InChI=1S/C22H25ClN4O/c1-15-20(13-25-11-10-17-6-5-8-18(12-17)22(24)28)16(2)27(26-15)14-19-7-3-4-9-21(19)23/h3-9,12,25H,10-11,13-14H2,1-2H3,(H2,24,28). The van der Waals surface area contributed by atoms with Crippen LogP contribution in [0.15, 0.2) is 48.5 Å². The fourth-order valence-electron chi connectivity index (χ4n) is 3.26. The van der Waals surface area contributed by atoms with Crippen molar-refractivity contribution in [1.29, 1.82) is 0 Å². The number of amides is 1. The van der Waals surface area contributed by atoms with Crippen LogP contribution in [0.3, 0.4) is 0 Å². The summed E-state index contributed by atoms with van der Waals surface area (Å²) in [5.74, 6) is -0.396. The topological polar surface area (TPSA) is 72.9 Å². The Labute approximate surface area is 170 Å². The average Bonchev–Trinajstić information content (AvgIpc) is 2.94.